The van der Waals surface area contributed by atoms with Gasteiger partial charge in [0.2, 0.25) is 0 Å². The number of aliphatic imine (C=N–C) groups is 1. The fourth-order valence-corrected chi connectivity index (χ4v) is 7.41. The van der Waals surface area contributed by atoms with Crippen LogP contribution in [0.25, 0.3) is 66.8 Å². The van der Waals surface area contributed by atoms with E-state index in [0.29, 0.717) is 0 Å². The lowest BCUT2D eigenvalue weighted by molar-refractivity contribution is 1.14. The Morgan fingerprint density at radius 2 is 0.922 bits per heavy atom. The molecule has 3 heteroatoms. The molecule has 0 saturated carbocycles. The molecule has 0 aliphatic carbocycles. The number of allylic oxidation sites excluding steroid dienone is 2. The van der Waals surface area contributed by atoms with Crippen LogP contribution in [0.5, 0.6) is 0 Å². The molecule has 0 bridgehead atoms. The van der Waals surface area contributed by atoms with Gasteiger partial charge in [-0.1, -0.05) is 146 Å². The van der Waals surface area contributed by atoms with Crippen LogP contribution in [0.15, 0.2) is 193 Å². The second-order valence-electron chi connectivity index (χ2n) is 12.7. The molecule has 9 aromatic rings. The summed E-state index contributed by atoms with van der Waals surface area (Å²) >= 11 is 0. The Hall–Kier alpha value is -6.71. The standard InChI is InChI=1S/C48H35N3/c1-2-42(34-17-5-3-6-18-34)49-43(35-19-7-4-8-20-35)31-29-36-33-37(50-45-25-13-9-21-38(45)39-22-10-14-26-46(39)50)30-32-44(36)51-47-27-15-11-23-40(47)41-24-12-16-28-48(41)51/h2-33H,1H3/b31-29+,42-2-,49-43+. The molecule has 9 rings (SSSR count). The molecule has 242 valence electrons. The number of nitrogens with zero attached hydrogens (tertiary/aromatic N) is 3. The molecular weight excluding hydrogens is 619 g/mol. The zero-order valence-electron chi connectivity index (χ0n) is 28.3. The van der Waals surface area contributed by atoms with E-state index in [1.54, 1.807) is 0 Å². The fourth-order valence-electron chi connectivity index (χ4n) is 7.41. The van der Waals surface area contributed by atoms with Gasteiger partial charge in [-0.05, 0) is 61.0 Å². The lowest BCUT2D eigenvalue weighted by Gasteiger charge is -2.15. The average Bonchev–Trinajstić information content (AvgIpc) is 3.72. The Morgan fingerprint density at radius 1 is 0.471 bits per heavy atom. The summed E-state index contributed by atoms with van der Waals surface area (Å²) < 4.78 is 4.79. The highest BCUT2D eigenvalue weighted by molar-refractivity contribution is 6.14. The lowest BCUT2D eigenvalue weighted by atomic mass is 10.1. The van der Waals surface area contributed by atoms with E-state index >= 15 is 0 Å². The van der Waals surface area contributed by atoms with E-state index in [2.05, 4.69) is 191 Å². The van der Waals surface area contributed by atoms with E-state index < -0.39 is 0 Å². The van der Waals surface area contributed by atoms with Gasteiger partial charge in [-0.3, -0.25) is 0 Å². The highest BCUT2D eigenvalue weighted by Crippen LogP contribution is 2.36. The van der Waals surface area contributed by atoms with E-state index in [4.69, 9.17) is 4.99 Å². The van der Waals surface area contributed by atoms with Gasteiger partial charge in [-0.25, -0.2) is 4.99 Å². The van der Waals surface area contributed by atoms with Crippen molar-refractivity contribution in [3.8, 4) is 11.4 Å². The topological polar surface area (TPSA) is 22.2 Å². The minimum atomic E-state index is 0.892. The molecule has 0 saturated heterocycles. The van der Waals surface area contributed by atoms with E-state index in [1.807, 2.05) is 19.1 Å². The van der Waals surface area contributed by atoms with Crippen LogP contribution in [-0.2, 0) is 0 Å². The molecule has 2 aromatic heterocycles. The molecule has 0 atom stereocenters. The van der Waals surface area contributed by atoms with Crippen molar-refractivity contribution in [1.82, 2.24) is 9.13 Å². The molecule has 3 nitrogen and oxygen atoms in total. The third-order valence-corrected chi connectivity index (χ3v) is 9.74. The van der Waals surface area contributed by atoms with Gasteiger partial charge in [0.05, 0.1) is 39.2 Å². The maximum Gasteiger partial charge on any atom is 0.0709 e. The van der Waals surface area contributed by atoms with Gasteiger partial charge < -0.3 is 9.13 Å². The van der Waals surface area contributed by atoms with Crippen molar-refractivity contribution in [2.45, 2.75) is 6.92 Å². The van der Waals surface area contributed by atoms with Crippen LogP contribution in [0.2, 0.25) is 0 Å². The second kappa shape index (κ2) is 13.0. The molecule has 0 amide bonds. The van der Waals surface area contributed by atoms with Crippen LogP contribution in [-0.4, -0.2) is 14.8 Å². The number of fused-ring (bicyclic) bond motifs is 6. The Kier molecular flexibility index (Phi) is 7.71. The summed E-state index contributed by atoms with van der Waals surface area (Å²) in [7, 11) is 0. The van der Waals surface area contributed by atoms with Gasteiger partial charge in [0.1, 0.15) is 0 Å². The maximum atomic E-state index is 5.28. The zero-order valence-corrected chi connectivity index (χ0v) is 28.3. The third-order valence-electron chi connectivity index (χ3n) is 9.74. The van der Waals surface area contributed by atoms with Gasteiger partial charge in [-0.2, -0.15) is 0 Å². The highest BCUT2D eigenvalue weighted by atomic mass is 15.0. The van der Waals surface area contributed by atoms with E-state index in [0.717, 1.165) is 39.5 Å². The quantitative estimate of drug-likeness (QED) is 0.153. The molecule has 7 aromatic carbocycles. The largest absolute Gasteiger partial charge is 0.309 e. The first-order chi connectivity index (χ1) is 25.3. The minimum absolute atomic E-state index is 0.892. The summed E-state index contributed by atoms with van der Waals surface area (Å²) in [5, 5.41) is 4.97. The Labute approximate surface area is 297 Å². The molecule has 0 fully saturated rings. The van der Waals surface area contributed by atoms with Crippen molar-refractivity contribution in [1.29, 1.82) is 0 Å². The van der Waals surface area contributed by atoms with Crippen molar-refractivity contribution >= 4 is 61.1 Å². The van der Waals surface area contributed by atoms with E-state index in [9.17, 15) is 0 Å². The molecule has 2 heterocycles. The van der Waals surface area contributed by atoms with Crippen molar-refractivity contribution in [2.24, 2.45) is 4.99 Å². The van der Waals surface area contributed by atoms with Crippen LogP contribution < -0.4 is 0 Å². The Bertz CT molecular complexity index is 2690. The van der Waals surface area contributed by atoms with Crippen molar-refractivity contribution in [3.63, 3.8) is 0 Å². The van der Waals surface area contributed by atoms with Gasteiger partial charge in [0.15, 0.2) is 0 Å². The summed E-state index contributed by atoms with van der Waals surface area (Å²) in [5.41, 5.74) is 12.0. The van der Waals surface area contributed by atoms with Gasteiger partial charge >= 0.3 is 0 Å². The molecule has 51 heavy (non-hydrogen) atoms. The Balaban J connectivity index is 1.30. The predicted octanol–water partition coefficient (Wildman–Crippen LogP) is 12.4. The number of aromatic nitrogens is 2. The second-order valence-corrected chi connectivity index (χ2v) is 12.7. The van der Waals surface area contributed by atoms with Crippen LogP contribution >= 0.6 is 0 Å². The number of rotatable bonds is 7. The van der Waals surface area contributed by atoms with Crippen molar-refractivity contribution in [2.75, 3.05) is 0 Å². The van der Waals surface area contributed by atoms with Gasteiger partial charge in [-0.15, -0.1) is 0 Å². The summed E-state index contributed by atoms with van der Waals surface area (Å²) in [6.45, 7) is 2.05. The Morgan fingerprint density at radius 3 is 1.43 bits per heavy atom. The number of hydrogen-bond acceptors (Lipinski definition) is 1. The molecular formula is C48H35N3. The molecule has 0 unspecified atom stereocenters. The smallest absolute Gasteiger partial charge is 0.0709 e. The van der Waals surface area contributed by atoms with Crippen LogP contribution in [0, 0.1) is 0 Å². The summed E-state index contributed by atoms with van der Waals surface area (Å²) in [5.74, 6) is 0. The van der Waals surface area contributed by atoms with Crippen molar-refractivity contribution < 1.29 is 0 Å². The SMILES string of the molecule is C\C=C(/N=C(\C=C\c1cc(-n2c3ccccc3c3ccccc32)ccc1-n1c2ccccc2c2ccccc21)c1ccccc1)c1ccccc1. The van der Waals surface area contributed by atoms with Crippen LogP contribution in [0.4, 0.5) is 0 Å². The average molecular weight is 654 g/mol. The van der Waals surface area contributed by atoms with Gasteiger partial charge in [0, 0.05) is 38.4 Å². The summed E-state index contributed by atoms with van der Waals surface area (Å²) in [4.78, 5) is 5.28. The normalized spacial score (nSPS) is 12.6. The monoisotopic (exact) mass is 653 g/mol. The molecule has 0 radical (unpaired) electrons. The number of para-hydroxylation sites is 4. The lowest BCUT2D eigenvalue weighted by Crippen LogP contribution is -2.02. The molecule has 0 spiro atoms. The first-order valence-corrected chi connectivity index (χ1v) is 17.4. The molecule has 0 aliphatic heterocycles. The van der Waals surface area contributed by atoms with E-state index in [1.165, 1.54) is 43.6 Å². The first kappa shape index (κ1) is 30.4. The van der Waals surface area contributed by atoms with Crippen LogP contribution in [0.1, 0.15) is 23.6 Å². The fraction of sp³-hybridized carbons (Fsp3) is 0.0208. The predicted molar refractivity (Wildman–Crippen MR) is 217 cm³/mol. The maximum absolute atomic E-state index is 5.28. The summed E-state index contributed by atoms with van der Waals surface area (Å²) in [6, 6.07) is 62.4. The summed E-state index contributed by atoms with van der Waals surface area (Å²) in [6.07, 6.45) is 6.49. The van der Waals surface area contributed by atoms with Crippen LogP contribution in [0.3, 0.4) is 0 Å². The highest BCUT2D eigenvalue weighted by Gasteiger charge is 2.17. The third kappa shape index (κ3) is 5.36. The minimum Gasteiger partial charge on any atom is -0.309 e. The molecule has 0 aliphatic rings. The number of benzene rings is 7. The first-order valence-electron chi connectivity index (χ1n) is 17.4. The molecule has 0 N–H and O–H groups in total. The number of hydrogen-bond donors (Lipinski definition) is 0. The van der Waals surface area contributed by atoms with Gasteiger partial charge in [0.25, 0.3) is 0 Å². The van der Waals surface area contributed by atoms with Crippen molar-refractivity contribution in [3.05, 3.63) is 205 Å². The van der Waals surface area contributed by atoms with E-state index in [-0.39, 0.29) is 0 Å². The zero-order chi connectivity index (χ0) is 34.1.